The first-order valence-electron chi connectivity index (χ1n) is 10.1. The van der Waals surface area contributed by atoms with Crippen LogP contribution in [-0.2, 0) is 13.2 Å². The van der Waals surface area contributed by atoms with E-state index in [2.05, 4.69) is 10.4 Å². The van der Waals surface area contributed by atoms with Gasteiger partial charge in [0.2, 0.25) is 0 Å². The SMILES string of the molecule is Cc1cc(C2C=Cc3cc(C(F)(F)F)cc(C)c3N2)ccc1N(C)C(=O)c1ccnn1C. The van der Waals surface area contributed by atoms with E-state index in [1.165, 1.54) is 4.68 Å². The number of anilines is 2. The summed E-state index contributed by atoms with van der Waals surface area (Å²) in [5.74, 6) is -0.165. The van der Waals surface area contributed by atoms with Gasteiger partial charge >= 0.3 is 6.18 Å². The van der Waals surface area contributed by atoms with Crippen LogP contribution in [0.5, 0.6) is 0 Å². The van der Waals surface area contributed by atoms with Crippen molar-refractivity contribution in [3.8, 4) is 0 Å². The number of nitrogens with zero attached hydrogens (tertiary/aromatic N) is 3. The molecule has 0 aliphatic carbocycles. The summed E-state index contributed by atoms with van der Waals surface area (Å²) >= 11 is 0. The Morgan fingerprint density at radius 1 is 1.12 bits per heavy atom. The number of carbonyl (C=O) groups excluding carboxylic acids is 1. The Morgan fingerprint density at radius 2 is 1.88 bits per heavy atom. The molecule has 2 aromatic carbocycles. The number of benzene rings is 2. The quantitative estimate of drug-likeness (QED) is 0.584. The van der Waals surface area contributed by atoms with E-state index < -0.39 is 11.7 Å². The molecule has 0 bridgehead atoms. The summed E-state index contributed by atoms with van der Waals surface area (Å²) in [4.78, 5) is 14.4. The van der Waals surface area contributed by atoms with Crippen LogP contribution in [-0.4, -0.2) is 22.7 Å². The maximum absolute atomic E-state index is 13.1. The summed E-state index contributed by atoms with van der Waals surface area (Å²) in [7, 11) is 3.43. The second-order valence-corrected chi connectivity index (χ2v) is 7.99. The Balaban J connectivity index is 1.59. The van der Waals surface area contributed by atoms with Crippen molar-refractivity contribution in [3.63, 3.8) is 0 Å². The number of halogens is 3. The normalized spacial score (nSPS) is 15.3. The van der Waals surface area contributed by atoms with Gasteiger partial charge in [0.1, 0.15) is 5.69 Å². The van der Waals surface area contributed by atoms with Crippen LogP contribution in [0.1, 0.15) is 44.3 Å². The predicted octanol–water partition coefficient (Wildman–Crippen LogP) is 5.51. The van der Waals surface area contributed by atoms with E-state index in [0.717, 1.165) is 28.9 Å². The lowest BCUT2D eigenvalue weighted by molar-refractivity contribution is -0.137. The number of aromatic nitrogens is 2. The van der Waals surface area contributed by atoms with Crippen LogP contribution < -0.4 is 10.2 Å². The van der Waals surface area contributed by atoms with Crippen molar-refractivity contribution in [1.82, 2.24) is 9.78 Å². The monoisotopic (exact) mass is 440 g/mol. The molecule has 0 saturated carbocycles. The highest BCUT2D eigenvalue weighted by atomic mass is 19.4. The zero-order valence-corrected chi connectivity index (χ0v) is 18.2. The fourth-order valence-electron chi connectivity index (χ4n) is 4.02. The Kier molecular flexibility index (Phi) is 5.32. The maximum Gasteiger partial charge on any atom is 0.416 e. The number of nitrogens with one attached hydrogen (secondary N) is 1. The van der Waals surface area contributed by atoms with Crippen molar-refractivity contribution >= 4 is 23.4 Å². The number of hydrogen-bond donors (Lipinski definition) is 1. The summed E-state index contributed by atoms with van der Waals surface area (Å²) in [6, 6.07) is 9.58. The van der Waals surface area contributed by atoms with Gasteiger partial charge in [0.05, 0.1) is 11.6 Å². The van der Waals surface area contributed by atoms with Crippen LogP contribution in [0.25, 0.3) is 6.08 Å². The van der Waals surface area contributed by atoms with Gasteiger partial charge in [-0.3, -0.25) is 9.48 Å². The Labute approximate surface area is 184 Å². The molecule has 0 radical (unpaired) electrons. The minimum absolute atomic E-state index is 0.165. The van der Waals surface area contributed by atoms with Gasteiger partial charge in [0.15, 0.2) is 0 Å². The summed E-state index contributed by atoms with van der Waals surface area (Å²) in [6.45, 7) is 3.60. The standard InChI is InChI=1S/C24H23F3N4O/c1-14-11-16(6-8-20(14)30(3)23(32)21-9-10-28-31(21)4)19-7-5-17-13-18(24(25,26)27)12-15(2)22(17)29-19/h5-13,19,29H,1-4H3. The van der Waals surface area contributed by atoms with E-state index in [1.54, 1.807) is 44.3 Å². The smallest absolute Gasteiger partial charge is 0.374 e. The molecule has 166 valence electrons. The van der Waals surface area contributed by atoms with Crippen LogP contribution in [0.4, 0.5) is 24.5 Å². The molecule has 32 heavy (non-hydrogen) atoms. The predicted molar refractivity (Wildman–Crippen MR) is 119 cm³/mol. The lowest BCUT2D eigenvalue weighted by atomic mass is 9.94. The van der Waals surface area contributed by atoms with Gasteiger partial charge in [-0.25, -0.2) is 0 Å². The van der Waals surface area contributed by atoms with Gasteiger partial charge in [-0.2, -0.15) is 18.3 Å². The molecule has 1 N–H and O–H groups in total. The lowest BCUT2D eigenvalue weighted by Gasteiger charge is -2.27. The third-order valence-electron chi connectivity index (χ3n) is 5.75. The summed E-state index contributed by atoms with van der Waals surface area (Å²) < 4.78 is 40.9. The first-order valence-corrected chi connectivity index (χ1v) is 10.1. The highest BCUT2D eigenvalue weighted by molar-refractivity contribution is 6.05. The average Bonchev–Trinajstić information content (AvgIpc) is 3.17. The Bertz CT molecular complexity index is 1230. The topological polar surface area (TPSA) is 50.2 Å². The van der Waals surface area contributed by atoms with E-state index in [4.69, 9.17) is 0 Å². The molecule has 1 aliphatic heterocycles. The molecule has 1 aliphatic rings. The molecule has 1 amide bonds. The van der Waals surface area contributed by atoms with Crippen molar-refractivity contribution in [2.45, 2.75) is 26.1 Å². The molecule has 1 aromatic heterocycles. The number of fused-ring (bicyclic) bond motifs is 1. The summed E-state index contributed by atoms with van der Waals surface area (Å²) in [5.41, 5.74) is 4.21. The second-order valence-electron chi connectivity index (χ2n) is 7.99. The largest absolute Gasteiger partial charge is 0.416 e. The molecule has 5 nitrogen and oxygen atoms in total. The second kappa shape index (κ2) is 7.85. The van der Waals surface area contributed by atoms with Crippen molar-refractivity contribution in [2.24, 2.45) is 7.05 Å². The van der Waals surface area contributed by atoms with Crippen LogP contribution >= 0.6 is 0 Å². The van der Waals surface area contributed by atoms with Gasteiger partial charge in [0.25, 0.3) is 5.91 Å². The average molecular weight is 440 g/mol. The van der Waals surface area contributed by atoms with Gasteiger partial charge in [-0.1, -0.05) is 24.3 Å². The number of carbonyl (C=O) groups is 1. The molecule has 8 heteroatoms. The van der Waals surface area contributed by atoms with E-state index in [0.29, 0.717) is 22.5 Å². The Morgan fingerprint density at radius 3 is 2.50 bits per heavy atom. The highest BCUT2D eigenvalue weighted by Crippen LogP contribution is 2.38. The number of alkyl halides is 3. The van der Waals surface area contributed by atoms with Crippen LogP contribution in [0.3, 0.4) is 0 Å². The highest BCUT2D eigenvalue weighted by Gasteiger charge is 2.32. The third-order valence-corrected chi connectivity index (χ3v) is 5.75. The summed E-state index contributed by atoms with van der Waals surface area (Å²) in [6.07, 6.45) is 0.771. The molecule has 0 spiro atoms. The third kappa shape index (κ3) is 3.88. The number of amides is 1. The van der Waals surface area contributed by atoms with Gasteiger partial charge < -0.3 is 10.2 Å². The molecular weight excluding hydrogens is 417 g/mol. The summed E-state index contributed by atoms with van der Waals surface area (Å²) in [5, 5.41) is 7.39. The van der Waals surface area contributed by atoms with Gasteiger partial charge in [-0.05, 0) is 60.4 Å². The van der Waals surface area contributed by atoms with Gasteiger partial charge in [0, 0.05) is 31.7 Å². The lowest BCUT2D eigenvalue weighted by Crippen LogP contribution is -2.29. The van der Waals surface area contributed by atoms with Crippen molar-refractivity contribution in [2.75, 3.05) is 17.3 Å². The minimum atomic E-state index is -4.38. The molecular formula is C24H23F3N4O. The van der Waals surface area contributed by atoms with Crippen LogP contribution in [0, 0.1) is 13.8 Å². The first-order chi connectivity index (χ1) is 15.1. The van der Waals surface area contributed by atoms with Crippen LogP contribution in [0.15, 0.2) is 48.7 Å². The first kappa shape index (κ1) is 21.7. The van der Waals surface area contributed by atoms with E-state index in [1.807, 2.05) is 31.2 Å². The number of hydrogen-bond acceptors (Lipinski definition) is 3. The molecule has 1 atom stereocenters. The Hall–Kier alpha value is -3.55. The van der Waals surface area contributed by atoms with E-state index in [9.17, 15) is 18.0 Å². The van der Waals surface area contributed by atoms with Crippen LogP contribution in [0.2, 0.25) is 0 Å². The van der Waals surface area contributed by atoms with E-state index in [-0.39, 0.29) is 11.9 Å². The minimum Gasteiger partial charge on any atom is -0.374 e. The molecule has 0 saturated heterocycles. The fraction of sp³-hybridized carbons (Fsp3) is 0.250. The molecule has 0 fully saturated rings. The van der Waals surface area contributed by atoms with E-state index >= 15 is 0 Å². The number of aryl methyl sites for hydroxylation is 3. The zero-order valence-electron chi connectivity index (χ0n) is 18.2. The number of rotatable bonds is 3. The van der Waals surface area contributed by atoms with Crippen molar-refractivity contribution in [3.05, 3.63) is 82.2 Å². The molecule has 3 aromatic rings. The zero-order chi connectivity index (χ0) is 23.2. The van der Waals surface area contributed by atoms with Gasteiger partial charge in [-0.15, -0.1) is 0 Å². The van der Waals surface area contributed by atoms with Crippen molar-refractivity contribution in [1.29, 1.82) is 0 Å². The van der Waals surface area contributed by atoms with Crippen molar-refractivity contribution < 1.29 is 18.0 Å². The molecule has 1 unspecified atom stereocenters. The fourth-order valence-corrected chi connectivity index (χ4v) is 4.02. The molecule has 4 rings (SSSR count). The molecule has 2 heterocycles. The maximum atomic E-state index is 13.1.